The van der Waals surface area contributed by atoms with Crippen LogP contribution in [0.25, 0.3) is 21.8 Å². The third-order valence-corrected chi connectivity index (χ3v) is 9.15. The maximum Gasteiger partial charge on any atom is 0.415 e. The summed E-state index contributed by atoms with van der Waals surface area (Å²) in [7, 11) is 7.85. The van der Waals surface area contributed by atoms with E-state index in [9.17, 15) is 14.4 Å². The van der Waals surface area contributed by atoms with E-state index in [1.165, 1.54) is 28.4 Å². The first kappa shape index (κ1) is 31.4. The summed E-state index contributed by atoms with van der Waals surface area (Å²) in [6, 6.07) is 5.14. The number of rotatable bonds is 7. The van der Waals surface area contributed by atoms with Gasteiger partial charge in [-0.1, -0.05) is 0 Å². The normalized spacial score (nSPS) is 16.5. The Balaban J connectivity index is 1.49. The molecule has 6 rings (SSSR count). The van der Waals surface area contributed by atoms with Crippen LogP contribution in [0.4, 0.5) is 10.5 Å². The number of piperazine rings is 1. The smallest absolute Gasteiger partial charge is 0.415 e. The number of hydrogen-bond acceptors (Lipinski definition) is 9. The molecular formula is C32H36ClN5O8. The van der Waals surface area contributed by atoms with Gasteiger partial charge in [-0.3, -0.25) is 4.79 Å². The number of aryl methyl sites for hydroxylation is 1. The minimum atomic E-state index is -0.558. The lowest BCUT2D eigenvalue weighted by Gasteiger charge is -2.31. The molecule has 14 heteroatoms. The van der Waals surface area contributed by atoms with Crippen molar-refractivity contribution in [2.45, 2.75) is 12.8 Å². The first-order chi connectivity index (χ1) is 22.1. The fourth-order valence-corrected chi connectivity index (χ4v) is 6.69. The average molecular weight is 654 g/mol. The maximum atomic E-state index is 14.3. The van der Waals surface area contributed by atoms with Gasteiger partial charge in [-0.2, -0.15) is 0 Å². The van der Waals surface area contributed by atoms with Crippen molar-refractivity contribution in [3.8, 4) is 23.0 Å². The van der Waals surface area contributed by atoms with Crippen LogP contribution in [0.15, 0.2) is 18.2 Å². The van der Waals surface area contributed by atoms with Gasteiger partial charge >= 0.3 is 12.1 Å². The third kappa shape index (κ3) is 5.03. The largest absolute Gasteiger partial charge is 0.493 e. The second kappa shape index (κ2) is 12.3. The molecule has 0 bridgehead atoms. The Bertz CT molecular complexity index is 1860. The van der Waals surface area contributed by atoms with E-state index >= 15 is 0 Å². The van der Waals surface area contributed by atoms with Gasteiger partial charge in [0.1, 0.15) is 5.69 Å². The lowest BCUT2D eigenvalue weighted by Crippen LogP contribution is -2.48. The van der Waals surface area contributed by atoms with Gasteiger partial charge < -0.3 is 48.4 Å². The molecule has 1 fully saturated rings. The Morgan fingerprint density at radius 3 is 2.26 bits per heavy atom. The molecule has 2 N–H and O–H groups in total. The Morgan fingerprint density at radius 1 is 0.913 bits per heavy atom. The number of nitrogens with one attached hydrogen (secondary N) is 2. The first-order valence-electron chi connectivity index (χ1n) is 14.8. The molecular weight excluding hydrogens is 618 g/mol. The summed E-state index contributed by atoms with van der Waals surface area (Å²) in [4.78, 5) is 52.6. The topological polar surface area (TPSA) is 139 Å². The van der Waals surface area contributed by atoms with Gasteiger partial charge in [0.05, 0.1) is 50.7 Å². The number of alkyl halides is 1. The number of benzene rings is 2. The SMILES string of the molecule is COC(=O)c1c(C)[nH]c2c(OC(=O)N3CCN(C)CC3)cc3c(c12)[C@H](CCl)CN3C(=O)c1cc2cc(OC)c(OC)c(OC)c2[nH]1. The minimum absolute atomic E-state index is 0.173. The molecule has 2 aromatic carbocycles. The zero-order valence-corrected chi connectivity index (χ0v) is 27.3. The number of hydrogen-bond donors (Lipinski definition) is 2. The van der Waals surface area contributed by atoms with Crippen molar-refractivity contribution in [1.29, 1.82) is 0 Å². The minimum Gasteiger partial charge on any atom is -0.493 e. The molecule has 2 aliphatic rings. The zero-order valence-electron chi connectivity index (χ0n) is 26.5. The molecule has 1 saturated heterocycles. The number of fused-ring (bicyclic) bond motifs is 4. The number of ether oxygens (including phenoxy) is 5. The highest BCUT2D eigenvalue weighted by molar-refractivity contribution is 6.20. The van der Waals surface area contributed by atoms with E-state index < -0.39 is 12.1 Å². The lowest BCUT2D eigenvalue weighted by atomic mass is 9.95. The molecule has 0 radical (unpaired) electrons. The van der Waals surface area contributed by atoms with Crippen molar-refractivity contribution in [2.24, 2.45) is 0 Å². The number of amides is 2. The summed E-state index contributed by atoms with van der Waals surface area (Å²) in [5, 5.41) is 1.19. The Morgan fingerprint density at radius 2 is 1.63 bits per heavy atom. The summed E-state index contributed by atoms with van der Waals surface area (Å²) in [5.74, 6) is 0.350. The highest BCUT2D eigenvalue weighted by Crippen LogP contribution is 2.48. The summed E-state index contributed by atoms with van der Waals surface area (Å²) in [6.07, 6.45) is -0.517. The van der Waals surface area contributed by atoms with Gasteiger partial charge in [0.2, 0.25) is 5.75 Å². The number of H-pyrrole nitrogens is 2. The van der Waals surface area contributed by atoms with Crippen molar-refractivity contribution < 1.29 is 38.1 Å². The van der Waals surface area contributed by atoms with Crippen molar-refractivity contribution in [2.75, 3.05) is 79.0 Å². The second-order valence-electron chi connectivity index (χ2n) is 11.4. The molecule has 13 nitrogen and oxygen atoms in total. The number of carbonyl (C=O) groups is 3. The molecule has 1 atom stereocenters. The number of anilines is 1. The van der Waals surface area contributed by atoms with Crippen LogP contribution in [0.3, 0.4) is 0 Å². The molecule has 2 aliphatic heterocycles. The Labute approximate surface area is 270 Å². The number of aromatic nitrogens is 2. The number of carbonyl (C=O) groups excluding carboxylic acids is 3. The van der Waals surface area contributed by atoms with E-state index in [0.717, 1.165) is 13.1 Å². The number of esters is 1. The molecule has 2 aromatic heterocycles. The monoisotopic (exact) mass is 653 g/mol. The van der Waals surface area contributed by atoms with Crippen LogP contribution in [-0.2, 0) is 4.74 Å². The number of likely N-dealkylation sites (N-methyl/N-ethyl adjacent to an activating group) is 1. The maximum absolute atomic E-state index is 14.3. The summed E-state index contributed by atoms with van der Waals surface area (Å²) < 4.78 is 27.8. The van der Waals surface area contributed by atoms with E-state index in [-0.39, 0.29) is 35.7 Å². The Kier molecular flexibility index (Phi) is 8.38. The van der Waals surface area contributed by atoms with Gasteiger partial charge in [-0.05, 0) is 31.7 Å². The molecule has 4 heterocycles. The van der Waals surface area contributed by atoms with E-state index in [0.29, 0.717) is 74.7 Å². The summed E-state index contributed by atoms with van der Waals surface area (Å²) >= 11 is 6.52. The average Bonchev–Trinajstić information content (AvgIpc) is 3.76. The highest BCUT2D eigenvalue weighted by Gasteiger charge is 2.39. The summed E-state index contributed by atoms with van der Waals surface area (Å²) in [6.45, 7) is 4.44. The molecule has 2 amide bonds. The van der Waals surface area contributed by atoms with Crippen molar-refractivity contribution in [3.63, 3.8) is 0 Å². The van der Waals surface area contributed by atoms with E-state index in [1.54, 1.807) is 34.9 Å². The molecule has 0 saturated carbocycles. The van der Waals surface area contributed by atoms with Gasteiger partial charge in [0.15, 0.2) is 17.2 Å². The fraction of sp³-hybridized carbons (Fsp3) is 0.406. The lowest BCUT2D eigenvalue weighted by molar-refractivity contribution is 0.0602. The number of methoxy groups -OCH3 is 4. The molecule has 4 aromatic rings. The zero-order chi connectivity index (χ0) is 32.9. The van der Waals surface area contributed by atoms with Crippen LogP contribution in [-0.4, -0.2) is 112 Å². The standard InChI is InChI=1S/C32H36ClN5O8/c1-16-23(31(40)45-6)25-24-18(14-33)15-38(20(24)13-21(27(25)34-16)46-32(41)37-9-7-36(2)8-10-37)30(39)19-11-17-12-22(42-3)28(43-4)29(44-5)26(17)35-19/h11-13,18,34-35H,7-10,14-15H2,1-6H3/t18-/m1/s1. The first-order valence-corrected chi connectivity index (χ1v) is 15.3. The fourth-order valence-electron chi connectivity index (χ4n) is 6.44. The van der Waals surface area contributed by atoms with Gasteiger partial charge in [-0.15, -0.1) is 11.6 Å². The van der Waals surface area contributed by atoms with Crippen molar-refractivity contribution in [3.05, 3.63) is 40.7 Å². The molecule has 244 valence electrons. The van der Waals surface area contributed by atoms with Crippen LogP contribution in [0.5, 0.6) is 23.0 Å². The molecule has 46 heavy (non-hydrogen) atoms. The Hall–Kier alpha value is -4.62. The predicted octanol–water partition coefficient (Wildman–Crippen LogP) is 4.50. The van der Waals surface area contributed by atoms with Gasteiger partial charge in [0, 0.05) is 67.1 Å². The number of aromatic amines is 2. The van der Waals surface area contributed by atoms with Gasteiger partial charge in [-0.25, -0.2) is 9.59 Å². The predicted molar refractivity (Wildman–Crippen MR) is 173 cm³/mol. The van der Waals surface area contributed by atoms with E-state index in [1.807, 2.05) is 7.05 Å². The van der Waals surface area contributed by atoms with Crippen LogP contribution >= 0.6 is 11.6 Å². The van der Waals surface area contributed by atoms with Crippen LogP contribution in [0.2, 0.25) is 0 Å². The summed E-state index contributed by atoms with van der Waals surface area (Å²) in [5.41, 5.74) is 3.30. The number of halogens is 1. The number of nitrogens with zero attached hydrogens (tertiary/aromatic N) is 3. The van der Waals surface area contributed by atoms with E-state index in [4.69, 9.17) is 35.3 Å². The molecule has 0 spiro atoms. The van der Waals surface area contributed by atoms with Crippen molar-refractivity contribution >= 4 is 57.1 Å². The van der Waals surface area contributed by atoms with Crippen LogP contribution < -0.4 is 23.8 Å². The molecule has 0 aliphatic carbocycles. The van der Waals surface area contributed by atoms with E-state index in [2.05, 4.69) is 14.9 Å². The highest BCUT2D eigenvalue weighted by atomic mass is 35.5. The quantitative estimate of drug-likeness (QED) is 0.218. The third-order valence-electron chi connectivity index (χ3n) is 8.78. The molecule has 0 unspecified atom stereocenters. The van der Waals surface area contributed by atoms with Crippen LogP contribution in [0.1, 0.15) is 38.0 Å². The van der Waals surface area contributed by atoms with Gasteiger partial charge in [0.25, 0.3) is 5.91 Å². The van der Waals surface area contributed by atoms with Crippen molar-refractivity contribution in [1.82, 2.24) is 19.8 Å². The second-order valence-corrected chi connectivity index (χ2v) is 11.7. The van der Waals surface area contributed by atoms with Crippen LogP contribution in [0, 0.1) is 6.92 Å².